The van der Waals surface area contributed by atoms with E-state index < -0.39 is 0 Å². The van der Waals surface area contributed by atoms with Crippen LogP contribution in [0.1, 0.15) is 44.5 Å². The first kappa shape index (κ1) is 14.6. The fourth-order valence-corrected chi connectivity index (χ4v) is 1.94. The van der Waals surface area contributed by atoms with Crippen LogP contribution < -0.4 is 4.90 Å². The van der Waals surface area contributed by atoms with Gasteiger partial charge in [0, 0.05) is 24.8 Å². The maximum Gasteiger partial charge on any atom is 0.163 e. The molecule has 0 spiro atoms. The summed E-state index contributed by atoms with van der Waals surface area (Å²) in [4.78, 5) is 13.5. The van der Waals surface area contributed by atoms with Crippen LogP contribution in [0.4, 0.5) is 5.69 Å². The summed E-state index contributed by atoms with van der Waals surface area (Å²) in [5.41, 5.74) is 1.36. The molecule has 18 heavy (non-hydrogen) atoms. The van der Waals surface area contributed by atoms with Gasteiger partial charge in [-0.1, -0.05) is 20.3 Å². The summed E-state index contributed by atoms with van der Waals surface area (Å²) >= 11 is 0. The summed E-state index contributed by atoms with van der Waals surface area (Å²) in [6.07, 6.45) is 1.13. The second-order valence-electron chi connectivity index (χ2n) is 4.81. The highest BCUT2D eigenvalue weighted by Crippen LogP contribution is 2.25. The quantitative estimate of drug-likeness (QED) is 0.785. The number of Topliss-reactive ketones (excluding diaryl/α,β-unsaturated/α-hetero) is 1. The predicted octanol–water partition coefficient (Wildman–Crippen LogP) is 3.47. The van der Waals surface area contributed by atoms with Gasteiger partial charge in [0.25, 0.3) is 0 Å². The normalized spacial score (nSPS) is 12.2. The highest BCUT2D eigenvalue weighted by Gasteiger charge is 2.12. The average molecular weight is 249 g/mol. The first-order chi connectivity index (χ1) is 8.49. The van der Waals surface area contributed by atoms with Crippen molar-refractivity contribution in [1.29, 1.82) is 0 Å². The van der Waals surface area contributed by atoms with Gasteiger partial charge in [-0.3, -0.25) is 4.79 Å². The summed E-state index contributed by atoms with van der Waals surface area (Å²) in [7, 11) is 0. The van der Waals surface area contributed by atoms with Crippen molar-refractivity contribution >= 4 is 11.5 Å². The van der Waals surface area contributed by atoms with Gasteiger partial charge >= 0.3 is 0 Å². The van der Waals surface area contributed by atoms with E-state index in [0.29, 0.717) is 11.5 Å². The van der Waals surface area contributed by atoms with Gasteiger partial charge in [0.15, 0.2) is 5.78 Å². The highest BCUT2D eigenvalue weighted by molar-refractivity contribution is 5.97. The number of nitrogens with zero attached hydrogens (tertiary/aromatic N) is 1. The molecule has 1 rings (SSSR count). The minimum absolute atomic E-state index is 0.0719. The number of anilines is 1. The second kappa shape index (κ2) is 6.43. The number of carbonyl (C=O) groups is 1. The summed E-state index contributed by atoms with van der Waals surface area (Å²) in [6, 6.07) is 5.29. The van der Waals surface area contributed by atoms with E-state index in [1.807, 2.05) is 6.07 Å². The minimum atomic E-state index is -0.107. The van der Waals surface area contributed by atoms with Crippen LogP contribution >= 0.6 is 0 Å². The number of aromatic hydroxyl groups is 1. The third-order valence-electron chi connectivity index (χ3n) is 3.34. The molecule has 0 saturated heterocycles. The second-order valence-corrected chi connectivity index (χ2v) is 4.81. The van der Waals surface area contributed by atoms with E-state index in [1.54, 1.807) is 12.1 Å². The molecule has 0 aliphatic carbocycles. The Bertz CT molecular complexity index is 415. The summed E-state index contributed by atoms with van der Waals surface area (Å²) in [5.74, 6) is 0.575. The van der Waals surface area contributed by atoms with Gasteiger partial charge in [-0.2, -0.15) is 0 Å². The summed E-state index contributed by atoms with van der Waals surface area (Å²) in [5, 5.41) is 9.85. The van der Waals surface area contributed by atoms with Gasteiger partial charge in [-0.15, -0.1) is 0 Å². The van der Waals surface area contributed by atoms with Crippen LogP contribution in [0.3, 0.4) is 0 Å². The van der Waals surface area contributed by atoms with E-state index in [2.05, 4.69) is 25.7 Å². The maximum absolute atomic E-state index is 11.3. The third-order valence-corrected chi connectivity index (χ3v) is 3.34. The number of phenolic OH excluding ortho intramolecular Hbond substituents is 1. The molecule has 1 aromatic rings. The van der Waals surface area contributed by atoms with Gasteiger partial charge < -0.3 is 10.0 Å². The maximum atomic E-state index is 11.3. The Hall–Kier alpha value is -1.51. The molecule has 1 atom stereocenters. The van der Waals surface area contributed by atoms with E-state index in [4.69, 9.17) is 0 Å². The molecule has 100 valence electrons. The van der Waals surface area contributed by atoms with Crippen molar-refractivity contribution in [1.82, 2.24) is 0 Å². The Labute approximate surface area is 109 Å². The van der Waals surface area contributed by atoms with Gasteiger partial charge in [0.1, 0.15) is 5.75 Å². The first-order valence-corrected chi connectivity index (χ1v) is 6.58. The molecule has 0 aliphatic rings. The molecular weight excluding hydrogens is 226 g/mol. The molecule has 0 heterocycles. The lowest BCUT2D eigenvalue weighted by molar-refractivity contribution is 0.101. The Morgan fingerprint density at radius 2 is 2.06 bits per heavy atom. The Balaban J connectivity index is 2.94. The first-order valence-electron chi connectivity index (χ1n) is 6.58. The zero-order valence-corrected chi connectivity index (χ0v) is 11.7. The SMILES string of the molecule is CCC(C)CN(CC)c1ccc(C(C)=O)c(O)c1. The molecule has 1 aromatic carbocycles. The molecule has 0 amide bonds. The standard InChI is InChI=1S/C15H23NO2/c1-5-11(3)10-16(6-2)13-7-8-14(12(4)17)15(18)9-13/h7-9,11,18H,5-6,10H2,1-4H3. The van der Waals surface area contributed by atoms with Crippen LogP contribution in [-0.4, -0.2) is 24.0 Å². The average Bonchev–Trinajstić information content (AvgIpc) is 2.34. The third kappa shape index (κ3) is 3.49. The highest BCUT2D eigenvalue weighted by atomic mass is 16.3. The largest absolute Gasteiger partial charge is 0.507 e. The molecule has 0 fully saturated rings. The number of phenols is 1. The lowest BCUT2D eigenvalue weighted by atomic mass is 10.1. The van der Waals surface area contributed by atoms with E-state index in [9.17, 15) is 9.90 Å². The van der Waals surface area contributed by atoms with Crippen LogP contribution in [0.25, 0.3) is 0 Å². The lowest BCUT2D eigenvalue weighted by Gasteiger charge is -2.26. The molecule has 0 saturated carbocycles. The van der Waals surface area contributed by atoms with Crippen molar-refractivity contribution in [3.8, 4) is 5.75 Å². The van der Waals surface area contributed by atoms with Crippen LogP contribution in [0.5, 0.6) is 5.75 Å². The number of carbonyl (C=O) groups excluding carboxylic acids is 1. The fraction of sp³-hybridized carbons (Fsp3) is 0.533. The summed E-state index contributed by atoms with van der Waals surface area (Å²) < 4.78 is 0. The predicted molar refractivity (Wildman–Crippen MR) is 75.5 cm³/mol. The van der Waals surface area contributed by atoms with E-state index in [1.165, 1.54) is 6.92 Å². The van der Waals surface area contributed by atoms with Crippen LogP contribution in [0.15, 0.2) is 18.2 Å². The molecule has 0 radical (unpaired) electrons. The minimum Gasteiger partial charge on any atom is -0.507 e. The lowest BCUT2D eigenvalue weighted by Crippen LogP contribution is -2.28. The molecule has 1 unspecified atom stereocenters. The zero-order chi connectivity index (χ0) is 13.7. The van der Waals surface area contributed by atoms with E-state index in [0.717, 1.165) is 25.2 Å². The number of hydrogen-bond acceptors (Lipinski definition) is 3. The van der Waals surface area contributed by atoms with Crippen molar-refractivity contribution in [2.24, 2.45) is 5.92 Å². The molecular formula is C15H23NO2. The molecule has 3 heteroatoms. The Morgan fingerprint density at radius 1 is 1.39 bits per heavy atom. The van der Waals surface area contributed by atoms with Crippen molar-refractivity contribution in [2.75, 3.05) is 18.0 Å². The zero-order valence-electron chi connectivity index (χ0n) is 11.7. The van der Waals surface area contributed by atoms with Gasteiger partial charge in [0.2, 0.25) is 0 Å². The fourth-order valence-electron chi connectivity index (χ4n) is 1.94. The van der Waals surface area contributed by atoms with Gasteiger partial charge in [-0.05, 0) is 31.9 Å². The van der Waals surface area contributed by atoms with Crippen LogP contribution in [-0.2, 0) is 0 Å². The molecule has 0 aromatic heterocycles. The van der Waals surface area contributed by atoms with Crippen molar-refractivity contribution in [3.05, 3.63) is 23.8 Å². The Kier molecular flexibility index (Phi) is 5.20. The van der Waals surface area contributed by atoms with Crippen molar-refractivity contribution in [3.63, 3.8) is 0 Å². The molecule has 0 bridgehead atoms. The summed E-state index contributed by atoms with van der Waals surface area (Å²) in [6.45, 7) is 9.81. The molecule has 3 nitrogen and oxygen atoms in total. The van der Waals surface area contributed by atoms with Gasteiger partial charge in [0.05, 0.1) is 5.56 Å². The molecule has 0 aliphatic heterocycles. The van der Waals surface area contributed by atoms with E-state index in [-0.39, 0.29) is 11.5 Å². The Morgan fingerprint density at radius 3 is 2.50 bits per heavy atom. The number of rotatable bonds is 6. The number of ketones is 1. The van der Waals surface area contributed by atoms with Crippen molar-refractivity contribution < 1.29 is 9.90 Å². The topological polar surface area (TPSA) is 40.5 Å². The number of benzene rings is 1. The number of hydrogen-bond donors (Lipinski definition) is 1. The van der Waals surface area contributed by atoms with E-state index >= 15 is 0 Å². The van der Waals surface area contributed by atoms with Crippen molar-refractivity contribution in [2.45, 2.75) is 34.1 Å². The molecule has 1 N–H and O–H groups in total. The monoisotopic (exact) mass is 249 g/mol. The van der Waals surface area contributed by atoms with Crippen LogP contribution in [0, 0.1) is 5.92 Å². The van der Waals surface area contributed by atoms with Gasteiger partial charge in [-0.25, -0.2) is 0 Å². The van der Waals surface area contributed by atoms with Crippen LogP contribution in [0.2, 0.25) is 0 Å². The smallest absolute Gasteiger partial charge is 0.163 e.